The van der Waals surface area contributed by atoms with Crippen LogP contribution in [0.5, 0.6) is 0 Å². The summed E-state index contributed by atoms with van der Waals surface area (Å²) in [6.07, 6.45) is 0. The zero-order valence-electron chi connectivity index (χ0n) is 14.0. The summed E-state index contributed by atoms with van der Waals surface area (Å²) in [6.45, 7) is 7.90. The molecule has 1 rings (SSSR count). The second-order valence-electron chi connectivity index (χ2n) is 5.68. The first-order valence-electron chi connectivity index (χ1n) is 6.89. The minimum absolute atomic E-state index is 0. The predicted octanol–water partition coefficient (Wildman–Crippen LogP) is -1.81. The fourth-order valence-electron chi connectivity index (χ4n) is 1.72. The summed E-state index contributed by atoms with van der Waals surface area (Å²) in [5.74, 6) is -1.16. The number of thiazole rings is 1. The molecule has 1 N–H and O–H groups in total. The van der Waals surface area contributed by atoms with Crippen LogP contribution < -0.4 is 29.3 Å². The van der Waals surface area contributed by atoms with Crippen LogP contribution in [0.3, 0.4) is 0 Å². The molecule has 1 aromatic heterocycles. The molecule has 0 saturated carbocycles. The van der Waals surface area contributed by atoms with E-state index in [1.807, 2.05) is 5.38 Å². The average Bonchev–Trinajstić information content (AvgIpc) is 2.83. The summed E-state index contributed by atoms with van der Waals surface area (Å²) in [5.41, 5.74) is 0.802. The van der Waals surface area contributed by atoms with Gasteiger partial charge in [0.25, 0.3) is 0 Å². The molecule has 6 nitrogen and oxygen atoms in total. The maximum atomic E-state index is 12.0. The SMILES string of the molecule is CC(C)c1nc(CN(C)C(=O)N[C@H](C(=O)[O-])C(C)C)cs1.[Li+]. The van der Waals surface area contributed by atoms with Gasteiger partial charge >= 0.3 is 24.9 Å². The van der Waals surface area contributed by atoms with Crippen molar-refractivity contribution >= 4 is 23.3 Å². The fraction of sp³-hybridized carbons (Fsp3) is 0.643. The largest absolute Gasteiger partial charge is 1.00 e. The van der Waals surface area contributed by atoms with Gasteiger partial charge in [-0.2, -0.15) is 0 Å². The monoisotopic (exact) mass is 319 g/mol. The van der Waals surface area contributed by atoms with Gasteiger partial charge in [0.05, 0.1) is 29.3 Å². The van der Waals surface area contributed by atoms with Crippen LogP contribution in [0.2, 0.25) is 0 Å². The Labute approximate surface area is 147 Å². The number of carbonyl (C=O) groups excluding carboxylic acids is 2. The van der Waals surface area contributed by atoms with Gasteiger partial charge in [-0.15, -0.1) is 11.3 Å². The number of carboxylic acid groups (broad SMARTS) is 1. The van der Waals surface area contributed by atoms with Crippen LogP contribution in [0.15, 0.2) is 5.38 Å². The van der Waals surface area contributed by atoms with Gasteiger partial charge < -0.3 is 20.1 Å². The Balaban J connectivity index is 0.00000441. The number of aliphatic carboxylic acids is 1. The molecular weight excluding hydrogens is 297 g/mol. The summed E-state index contributed by atoms with van der Waals surface area (Å²) in [4.78, 5) is 28.9. The molecule has 1 aromatic rings. The van der Waals surface area contributed by atoms with Crippen LogP contribution in [-0.4, -0.2) is 35.0 Å². The number of amides is 2. The Hall–Kier alpha value is -1.03. The maximum absolute atomic E-state index is 12.0. The van der Waals surface area contributed by atoms with Gasteiger partial charge in [-0.05, 0) is 5.92 Å². The van der Waals surface area contributed by atoms with Gasteiger partial charge in [0.15, 0.2) is 0 Å². The molecule has 0 spiro atoms. The summed E-state index contributed by atoms with van der Waals surface area (Å²) in [5, 5.41) is 16.4. The van der Waals surface area contributed by atoms with Crippen molar-refractivity contribution in [3.8, 4) is 0 Å². The van der Waals surface area contributed by atoms with Gasteiger partial charge in [-0.1, -0.05) is 27.7 Å². The van der Waals surface area contributed by atoms with E-state index < -0.39 is 18.0 Å². The van der Waals surface area contributed by atoms with Crippen molar-refractivity contribution in [3.63, 3.8) is 0 Å². The molecule has 0 aromatic carbocycles. The molecule has 0 fully saturated rings. The van der Waals surface area contributed by atoms with Gasteiger partial charge in [0, 0.05) is 18.3 Å². The number of nitrogens with one attached hydrogen (secondary N) is 1. The topological polar surface area (TPSA) is 85.4 Å². The van der Waals surface area contributed by atoms with Crippen LogP contribution in [0, 0.1) is 5.92 Å². The quantitative estimate of drug-likeness (QED) is 0.626. The molecule has 0 aliphatic heterocycles. The first-order chi connectivity index (χ1) is 9.72. The van der Waals surface area contributed by atoms with E-state index in [9.17, 15) is 14.7 Å². The number of nitrogens with zero attached hydrogens (tertiary/aromatic N) is 2. The smallest absolute Gasteiger partial charge is 0.548 e. The van der Waals surface area contributed by atoms with Crippen LogP contribution >= 0.6 is 11.3 Å². The second-order valence-corrected chi connectivity index (χ2v) is 6.57. The van der Waals surface area contributed by atoms with E-state index in [4.69, 9.17) is 0 Å². The number of hydrogen-bond donors (Lipinski definition) is 1. The molecule has 0 saturated heterocycles. The van der Waals surface area contributed by atoms with Gasteiger partial charge in [-0.25, -0.2) is 9.78 Å². The van der Waals surface area contributed by atoms with Crippen molar-refractivity contribution in [3.05, 3.63) is 16.1 Å². The van der Waals surface area contributed by atoms with Crippen molar-refractivity contribution in [2.45, 2.75) is 46.2 Å². The third kappa shape index (κ3) is 5.99. The number of rotatable bonds is 6. The Morgan fingerprint density at radius 1 is 1.36 bits per heavy atom. The van der Waals surface area contributed by atoms with E-state index >= 15 is 0 Å². The van der Waals surface area contributed by atoms with E-state index in [1.54, 1.807) is 32.2 Å². The molecule has 0 aliphatic carbocycles. The summed E-state index contributed by atoms with van der Waals surface area (Å²) >= 11 is 1.56. The van der Waals surface area contributed by atoms with Crippen molar-refractivity contribution in [1.29, 1.82) is 0 Å². The van der Waals surface area contributed by atoms with E-state index in [1.165, 1.54) is 4.90 Å². The van der Waals surface area contributed by atoms with Crippen LogP contribution in [0.4, 0.5) is 4.79 Å². The van der Waals surface area contributed by atoms with E-state index in [0.717, 1.165) is 10.7 Å². The zero-order valence-corrected chi connectivity index (χ0v) is 14.9. The molecule has 8 heteroatoms. The van der Waals surface area contributed by atoms with Gasteiger partial charge in [0.2, 0.25) is 0 Å². The summed E-state index contributed by atoms with van der Waals surface area (Å²) < 4.78 is 0. The third-order valence-corrected chi connectivity index (χ3v) is 4.20. The molecule has 118 valence electrons. The molecule has 22 heavy (non-hydrogen) atoms. The molecular formula is C14H22LiN3O3S. The Morgan fingerprint density at radius 2 is 1.95 bits per heavy atom. The van der Waals surface area contributed by atoms with Crippen molar-refractivity contribution in [2.75, 3.05) is 7.05 Å². The van der Waals surface area contributed by atoms with Gasteiger partial charge in [-0.3, -0.25) is 0 Å². The van der Waals surface area contributed by atoms with E-state index in [-0.39, 0.29) is 24.8 Å². The number of hydrogen-bond acceptors (Lipinski definition) is 5. The minimum Gasteiger partial charge on any atom is -0.548 e. The maximum Gasteiger partial charge on any atom is 1.00 e. The number of urea groups is 1. The number of carbonyl (C=O) groups is 2. The molecule has 1 heterocycles. The average molecular weight is 319 g/mol. The first-order valence-corrected chi connectivity index (χ1v) is 7.77. The molecule has 0 aliphatic rings. The third-order valence-electron chi connectivity index (χ3n) is 3.01. The first kappa shape index (κ1) is 21.0. The Bertz CT molecular complexity index is 505. The van der Waals surface area contributed by atoms with Crippen molar-refractivity contribution in [1.82, 2.24) is 15.2 Å². The summed E-state index contributed by atoms with van der Waals surface area (Å²) in [6, 6.07) is -1.45. The fourth-order valence-corrected chi connectivity index (χ4v) is 2.54. The second kappa shape index (κ2) is 9.18. The number of carboxylic acids is 1. The van der Waals surface area contributed by atoms with E-state index in [0.29, 0.717) is 12.5 Å². The normalized spacial score (nSPS) is 12.0. The Kier molecular flexibility index (Phi) is 8.75. The Morgan fingerprint density at radius 3 is 2.36 bits per heavy atom. The zero-order chi connectivity index (χ0) is 16.2. The molecule has 1 atom stereocenters. The molecule has 0 radical (unpaired) electrons. The van der Waals surface area contributed by atoms with Gasteiger partial charge in [0.1, 0.15) is 0 Å². The summed E-state index contributed by atoms with van der Waals surface area (Å²) in [7, 11) is 1.61. The molecule has 2 amide bonds. The molecule has 0 bridgehead atoms. The predicted molar refractivity (Wildman–Crippen MR) is 79.8 cm³/mol. The molecule has 0 unspecified atom stereocenters. The van der Waals surface area contributed by atoms with Crippen LogP contribution in [-0.2, 0) is 11.3 Å². The van der Waals surface area contributed by atoms with Crippen LogP contribution in [0.25, 0.3) is 0 Å². The standard InChI is InChI=1S/C14H23N3O3S.Li/c1-8(2)11(13(18)19)16-14(20)17(5)6-10-7-21-12(15-10)9(3)4;/h7-9,11H,6H2,1-5H3,(H,16,20)(H,18,19);/q;+1/p-1/t11-;/m0./s1. The number of aromatic nitrogens is 1. The minimum atomic E-state index is -1.28. The van der Waals surface area contributed by atoms with E-state index in [2.05, 4.69) is 24.1 Å². The van der Waals surface area contributed by atoms with Crippen LogP contribution in [0.1, 0.15) is 44.3 Å². The van der Waals surface area contributed by atoms with Crippen molar-refractivity contribution < 1.29 is 33.6 Å². The van der Waals surface area contributed by atoms with Crippen molar-refractivity contribution in [2.24, 2.45) is 5.92 Å².